The Balaban J connectivity index is 1.65. The van der Waals surface area contributed by atoms with E-state index in [1.807, 2.05) is 39.8 Å². The molecule has 2 amide bonds. The molecule has 2 aliphatic rings. The van der Waals surface area contributed by atoms with E-state index in [2.05, 4.69) is 5.32 Å². The number of ketones is 1. The first-order valence-electron chi connectivity index (χ1n) is 9.03. The molecule has 2 aliphatic heterocycles. The highest BCUT2D eigenvalue weighted by Gasteiger charge is 2.31. The van der Waals surface area contributed by atoms with Gasteiger partial charge >= 0.3 is 0 Å². The van der Waals surface area contributed by atoms with Crippen molar-refractivity contribution in [1.29, 1.82) is 0 Å². The van der Waals surface area contributed by atoms with Gasteiger partial charge in [-0.15, -0.1) is 0 Å². The molecule has 7 nitrogen and oxygen atoms in total. The molecule has 0 aromatic heterocycles. The molecular weight excluding hydrogens is 380 g/mol. The zero-order chi connectivity index (χ0) is 20.5. The van der Waals surface area contributed by atoms with Crippen molar-refractivity contribution in [1.82, 2.24) is 10.2 Å². The maximum Gasteiger partial charge on any atom is 0.240 e. The van der Waals surface area contributed by atoms with Crippen LogP contribution in [0.2, 0.25) is 0 Å². The van der Waals surface area contributed by atoms with Crippen molar-refractivity contribution in [3.63, 3.8) is 0 Å². The summed E-state index contributed by atoms with van der Waals surface area (Å²) >= 11 is 1.28. The Kier molecular flexibility index (Phi) is 5.69. The lowest BCUT2D eigenvalue weighted by atomic mass is 9.91. The Morgan fingerprint density at radius 3 is 2.71 bits per heavy atom. The van der Waals surface area contributed by atoms with Crippen molar-refractivity contribution in [2.45, 2.75) is 33.7 Å². The van der Waals surface area contributed by atoms with Gasteiger partial charge in [0.2, 0.25) is 18.6 Å². The molecule has 0 bridgehead atoms. The number of rotatable bonds is 5. The highest BCUT2D eigenvalue weighted by molar-refractivity contribution is 8.04. The van der Waals surface area contributed by atoms with Gasteiger partial charge in [0.15, 0.2) is 17.3 Å². The van der Waals surface area contributed by atoms with Crippen LogP contribution in [0.3, 0.4) is 0 Å². The molecule has 1 N–H and O–H groups in total. The third kappa shape index (κ3) is 4.49. The molecular formula is C20H24N2O5S. The van der Waals surface area contributed by atoms with Gasteiger partial charge in [-0.25, -0.2) is 0 Å². The van der Waals surface area contributed by atoms with Crippen molar-refractivity contribution in [2.24, 2.45) is 5.41 Å². The topological polar surface area (TPSA) is 84.9 Å². The number of benzene rings is 1. The normalized spacial score (nSPS) is 18.5. The van der Waals surface area contributed by atoms with Gasteiger partial charge in [0.05, 0.1) is 16.8 Å². The third-order valence-electron chi connectivity index (χ3n) is 4.48. The molecule has 0 saturated carbocycles. The molecule has 2 heterocycles. The van der Waals surface area contributed by atoms with Crippen LogP contribution in [0.15, 0.2) is 29.3 Å². The second-order valence-electron chi connectivity index (χ2n) is 7.77. The monoisotopic (exact) mass is 404 g/mol. The Bertz CT molecular complexity index is 843. The van der Waals surface area contributed by atoms with E-state index in [0.717, 1.165) is 5.56 Å². The largest absolute Gasteiger partial charge is 0.454 e. The lowest BCUT2D eigenvalue weighted by Gasteiger charge is -2.21. The van der Waals surface area contributed by atoms with E-state index < -0.39 is 5.41 Å². The second kappa shape index (κ2) is 7.87. The predicted octanol–water partition coefficient (Wildman–Crippen LogP) is 2.62. The van der Waals surface area contributed by atoms with Crippen LogP contribution in [0.1, 0.15) is 39.3 Å². The van der Waals surface area contributed by atoms with Gasteiger partial charge in [-0.05, 0) is 24.6 Å². The van der Waals surface area contributed by atoms with Gasteiger partial charge in [0.25, 0.3) is 0 Å². The molecule has 1 aromatic rings. The smallest absolute Gasteiger partial charge is 0.240 e. The van der Waals surface area contributed by atoms with Crippen molar-refractivity contribution in [2.75, 3.05) is 19.1 Å². The number of thioether (sulfide) groups is 1. The number of carbonyl (C=O) groups is 3. The van der Waals surface area contributed by atoms with Crippen LogP contribution >= 0.6 is 11.8 Å². The summed E-state index contributed by atoms with van der Waals surface area (Å²) < 4.78 is 10.7. The van der Waals surface area contributed by atoms with Gasteiger partial charge in [-0.2, -0.15) is 0 Å². The number of allylic oxidation sites excluding steroid dienone is 1. The van der Waals surface area contributed by atoms with Crippen LogP contribution < -0.4 is 14.8 Å². The van der Waals surface area contributed by atoms with Crippen LogP contribution in [0.5, 0.6) is 11.5 Å². The molecule has 1 aromatic carbocycles. The fourth-order valence-electron chi connectivity index (χ4n) is 2.73. The first kappa shape index (κ1) is 20.3. The average molecular weight is 404 g/mol. The quantitative estimate of drug-likeness (QED) is 0.760. The van der Waals surface area contributed by atoms with Gasteiger partial charge in [-0.3, -0.25) is 19.3 Å². The summed E-state index contributed by atoms with van der Waals surface area (Å²) in [6.45, 7) is 7.38. The zero-order valence-electron chi connectivity index (χ0n) is 16.4. The van der Waals surface area contributed by atoms with E-state index in [1.165, 1.54) is 22.7 Å². The number of nitrogens with zero attached hydrogens (tertiary/aromatic N) is 1. The summed E-state index contributed by atoms with van der Waals surface area (Å²) in [6.07, 6.45) is 1.46. The molecule has 3 rings (SSSR count). The minimum Gasteiger partial charge on any atom is -0.454 e. The zero-order valence-corrected chi connectivity index (χ0v) is 17.2. The molecule has 1 unspecified atom stereocenters. The fourth-order valence-corrected chi connectivity index (χ4v) is 3.67. The standard InChI is InChI=1S/C20H24N2O5S/c1-12(13-5-6-14-15(7-13)27-11-26-14)21-17(24)9-22-18(25)10-28-19(22)8-16(23)20(2,3)4/h5-8,12H,9-11H2,1-4H3,(H,21,24)/b19-8-. The molecule has 150 valence electrons. The first-order valence-corrected chi connectivity index (χ1v) is 10.0. The van der Waals surface area contributed by atoms with Crippen molar-refractivity contribution >= 4 is 29.4 Å². The lowest BCUT2D eigenvalue weighted by molar-refractivity contribution is -0.131. The van der Waals surface area contributed by atoms with Crippen LogP contribution in [0.4, 0.5) is 0 Å². The predicted molar refractivity (Wildman–Crippen MR) is 106 cm³/mol. The van der Waals surface area contributed by atoms with E-state index >= 15 is 0 Å². The van der Waals surface area contributed by atoms with Gasteiger partial charge < -0.3 is 14.8 Å². The van der Waals surface area contributed by atoms with E-state index in [0.29, 0.717) is 16.5 Å². The summed E-state index contributed by atoms with van der Waals surface area (Å²) in [6, 6.07) is 5.23. The summed E-state index contributed by atoms with van der Waals surface area (Å²) in [5.74, 6) is 1.01. The summed E-state index contributed by atoms with van der Waals surface area (Å²) in [4.78, 5) is 38.3. The summed E-state index contributed by atoms with van der Waals surface area (Å²) in [5, 5.41) is 3.41. The number of hydrogen-bond acceptors (Lipinski definition) is 6. The van der Waals surface area contributed by atoms with Crippen molar-refractivity contribution in [3.05, 3.63) is 34.9 Å². The van der Waals surface area contributed by atoms with E-state index in [-0.39, 0.29) is 42.7 Å². The van der Waals surface area contributed by atoms with Crippen molar-refractivity contribution < 1.29 is 23.9 Å². The van der Waals surface area contributed by atoms with Crippen LogP contribution in [0.25, 0.3) is 0 Å². The number of amides is 2. The first-order chi connectivity index (χ1) is 13.1. The third-order valence-corrected chi connectivity index (χ3v) is 5.51. The molecule has 0 radical (unpaired) electrons. The van der Waals surface area contributed by atoms with Gasteiger partial charge in [0, 0.05) is 11.5 Å². The number of nitrogens with one attached hydrogen (secondary N) is 1. The van der Waals surface area contributed by atoms with Crippen LogP contribution in [0, 0.1) is 5.41 Å². The molecule has 0 aliphatic carbocycles. The SMILES string of the molecule is CC(NC(=O)CN1C(=O)CS/C1=C\C(=O)C(C)(C)C)c1ccc2c(c1)OCO2. The van der Waals surface area contributed by atoms with Crippen LogP contribution in [-0.2, 0) is 14.4 Å². The molecule has 0 spiro atoms. The number of hydrogen-bond donors (Lipinski definition) is 1. The van der Waals surface area contributed by atoms with Crippen LogP contribution in [-0.4, -0.2) is 41.6 Å². The number of fused-ring (bicyclic) bond motifs is 1. The Hall–Kier alpha value is -2.48. The molecule has 8 heteroatoms. The number of carbonyl (C=O) groups excluding carboxylic acids is 3. The maximum atomic E-state index is 12.5. The summed E-state index contributed by atoms with van der Waals surface area (Å²) in [5.41, 5.74) is 0.333. The molecule has 28 heavy (non-hydrogen) atoms. The second-order valence-corrected chi connectivity index (χ2v) is 8.76. The van der Waals surface area contributed by atoms with Gasteiger partial charge in [0.1, 0.15) is 6.54 Å². The van der Waals surface area contributed by atoms with Gasteiger partial charge in [-0.1, -0.05) is 38.6 Å². The highest BCUT2D eigenvalue weighted by Crippen LogP contribution is 2.34. The van der Waals surface area contributed by atoms with E-state index in [4.69, 9.17) is 9.47 Å². The Morgan fingerprint density at radius 2 is 2.00 bits per heavy atom. The molecule has 1 fully saturated rings. The highest BCUT2D eigenvalue weighted by atomic mass is 32.2. The Labute approximate surface area is 168 Å². The van der Waals surface area contributed by atoms with E-state index in [9.17, 15) is 14.4 Å². The molecule has 1 saturated heterocycles. The van der Waals surface area contributed by atoms with Crippen molar-refractivity contribution in [3.8, 4) is 11.5 Å². The minimum absolute atomic E-state index is 0.0798. The molecule has 1 atom stereocenters. The fraction of sp³-hybridized carbons (Fsp3) is 0.450. The Morgan fingerprint density at radius 1 is 1.29 bits per heavy atom. The number of ether oxygens (including phenoxy) is 2. The lowest BCUT2D eigenvalue weighted by Crippen LogP contribution is -2.38. The average Bonchev–Trinajstić information content (AvgIpc) is 3.21. The maximum absolute atomic E-state index is 12.5. The van der Waals surface area contributed by atoms with E-state index in [1.54, 1.807) is 6.07 Å². The minimum atomic E-state index is -0.541. The summed E-state index contributed by atoms with van der Waals surface area (Å²) in [7, 11) is 0.